The van der Waals surface area contributed by atoms with Gasteiger partial charge >= 0.3 is 0 Å². The van der Waals surface area contributed by atoms with E-state index < -0.39 is 10.0 Å². The number of hydrogen-bond donors (Lipinski definition) is 1. The van der Waals surface area contributed by atoms with Crippen LogP contribution < -0.4 is 4.72 Å². The van der Waals surface area contributed by atoms with Crippen LogP contribution in [-0.2, 0) is 21.4 Å². The molecule has 1 aromatic carbocycles. The van der Waals surface area contributed by atoms with Crippen LogP contribution in [0.25, 0.3) is 0 Å². The van der Waals surface area contributed by atoms with E-state index >= 15 is 0 Å². The Morgan fingerprint density at radius 3 is 2.81 bits per heavy atom. The summed E-state index contributed by atoms with van der Waals surface area (Å²) in [5.74, 6) is 0.249. The third kappa shape index (κ3) is 4.03. The summed E-state index contributed by atoms with van der Waals surface area (Å²) in [6.07, 6.45) is 1.89. The van der Waals surface area contributed by atoms with Crippen molar-refractivity contribution < 1.29 is 13.2 Å². The number of sulfonamides is 1. The first kappa shape index (κ1) is 18.3. The molecule has 0 saturated carbocycles. The molecule has 0 atom stereocenters. The minimum atomic E-state index is -3.55. The Balaban J connectivity index is 1.66. The highest BCUT2D eigenvalue weighted by atomic mass is 32.2. The summed E-state index contributed by atoms with van der Waals surface area (Å²) in [4.78, 5) is 19.8. The molecule has 1 aliphatic heterocycles. The highest BCUT2D eigenvalue weighted by molar-refractivity contribution is 7.90. The number of aliphatic imine (C=N–C) groups is 1. The number of fused-ring (bicyclic) bond motifs is 1. The first-order valence-electron chi connectivity index (χ1n) is 8.09. The normalized spacial score (nSPS) is 16.1. The standard InChI is InChI=1S/C18H19N3O3S2/c1-2-11-21(13-14-6-5-12-25-14)17(22)9-10-19-18-15-7-3-4-8-16(15)26(23,24)20-18/h2-8,12H,1,9-11,13H2,(H,19,20). The molecule has 136 valence electrons. The van der Waals surface area contributed by atoms with Crippen LogP contribution in [0.2, 0.25) is 0 Å². The van der Waals surface area contributed by atoms with Crippen LogP contribution in [0.4, 0.5) is 0 Å². The Kier molecular flexibility index (Phi) is 5.53. The maximum atomic E-state index is 12.5. The SMILES string of the molecule is C=CCN(Cc1cccs1)C(=O)CCN=C1NS(=O)(=O)c2ccccc21. The van der Waals surface area contributed by atoms with E-state index in [1.807, 2.05) is 17.5 Å². The van der Waals surface area contributed by atoms with E-state index in [2.05, 4.69) is 16.3 Å². The topological polar surface area (TPSA) is 78.8 Å². The van der Waals surface area contributed by atoms with Gasteiger partial charge in [0.05, 0.1) is 18.0 Å². The largest absolute Gasteiger partial charge is 0.334 e. The zero-order valence-electron chi connectivity index (χ0n) is 14.1. The third-order valence-corrected chi connectivity index (χ3v) is 6.15. The Morgan fingerprint density at radius 2 is 2.08 bits per heavy atom. The first-order chi connectivity index (χ1) is 12.5. The van der Waals surface area contributed by atoms with E-state index in [1.165, 1.54) is 6.07 Å². The molecule has 1 N–H and O–H groups in total. The second-order valence-electron chi connectivity index (χ2n) is 5.72. The van der Waals surface area contributed by atoms with Gasteiger partial charge in [0, 0.05) is 23.4 Å². The molecule has 0 fully saturated rings. The van der Waals surface area contributed by atoms with Gasteiger partial charge in [0.25, 0.3) is 10.0 Å². The van der Waals surface area contributed by atoms with Gasteiger partial charge < -0.3 is 4.90 Å². The zero-order valence-corrected chi connectivity index (χ0v) is 15.7. The summed E-state index contributed by atoms with van der Waals surface area (Å²) in [5.41, 5.74) is 0.543. The van der Waals surface area contributed by atoms with Crippen molar-refractivity contribution in [2.24, 2.45) is 4.99 Å². The molecule has 3 rings (SSSR count). The minimum Gasteiger partial charge on any atom is -0.334 e. The van der Waals surface area contributed by atoms with Crippen LogP contribution in [0.5, 0.6) is 0 Å². The van der Waals surface area contributed by atoms with Crippen molar-refractivity contribution in [3.8, 4) is 0 Å². The summed E-state index contributed by atoms with van der Waals surface area (Å²) in [6, 6.07) is 10.6. The molecule has 0 aliphatic carbocycles. The number of carbonyl (C=O) groups is 1. The molecule has 6 nitrogen and oxygen atoms in total. The van der Waals surface area contributed by atoms with E-state index in [0.717, 1.165) is 4.88 Å². The van der Waals surface area contributed by atoms with E-state index in [4.69, 9.17) is 0 Å². The Morgan fingerprint density at radius 1 is 1.27 bits per heavy atom. The predicted octanol–water partition coefficient (Wildman–Crippen LogP) is 2.39. The summed E-state index contributed by atoms with van der Waals surface area (Å²) in [5, 5.41) is 1.97. The highest BCUT2D eigenvalue weighted by Crippen LogP contribution is 2.22. The molecule has 26 heavy (non-hydrogen) atoms. The van der Waals surface area contributed by atoms with Crippen LogP contribution in [0.1, 0.15) is 16.9 Å². The monoisotopic (exact) mass is 389 g/mol. The molecule has 8 heteroatoms. The molecule has 1 amide bonds. The smallest absolute Gasteiger partial charge is 0.263 e. The van der Waals surface area contributed by atoms with E-state index in [0.29, 0.717) is 24.5 Å². The quantitative estimate of drug-likeness (QED) is 0.739. The second-order valence-corrected chi connectivity index (χ2v) is 8.41. The van der Waals surface area contributed by atoms with Crippen molar-refractivity contribution in [1.82, 2.24) is 9.62 Å². The lowest BCUT2D eigenvalue weighted by Crippen LogP contribution is -2.31. The average molecular weight is 390 g/mol. The number of amides is 1. The number of hydrogen-bond acceptors (Lipinski definition) is 5. The van der Waals surface area contributed by atoms with Gasteiger partial charge in [-0.2, -0.15) is 0 Å². The summed E-state index contributed by atoms with van der Waals surface area (Å²) in [6.45, 7) is 4.91. The Labute approximate surface area is 156 Å². The van der Waals surface area contributed by atoms with Crippen LogP contribution in [0.3, 0.4) is 0 Å². The number of benzene rings is 1. The molecule has 1 aliphatic rings. The molecule has 1 aromatic heterocycles. The van der Waals surface area contributed by atoms with Crippen LogP contribution >= 0.6 is 11.3 Å². The lowest BCUT2D eigenvalue weighted by molar-refractivity contribution is -0.131. The van der Waals surface area contributed by atoms with Gasteiger partial charge in [0.2, 0.25) is 5.91 Å². The first-order valence-corrected chi connectivity index (χ1v) is 10.5. The minimum absolute atomic E-state index is 0.0446. The van der Waals surface area contributed by atoms with Crippen molar-refractivity contribution in [3.05, 3.63) is 64.9 Å². The molecule has 2 aromatic rings. The number of amidine groups is 1. The van der Waals surface area contributed by atoms with Gasteiger partial charge in [0.1, 0.15) is 5.84 Å². The van der Waals surface area contributed by atoms with Crippen LogP contribution in [-0.4, -0.2) is 38.2 Å². The van der Waals surface area contributed by atoms with Gasteiger partial charge in [-0.15, -0.1) is 17.9 Å². The summed E-state index contributed by atoms with van der Waals surface area (Å²) in [7, 11) is -3.55. The van der Waals surface area contributed by atoms with Crippen molar-refractivity contribution in [1.29, 1.82) is 0 Å². The van der Waals surface area contributed by atoms with Gasteiger partial charge in [0.15, 0.2) is 0 Å². The fourth-order valence-electron chi connectivity index (χ4n) is 2.67. The summed E-state index contributed by atoms with van der Waals surface area (Å²) < 4.78 is 26.6. The Bertz CT molecular complexity index is 934. The third-order valence-electron chi connectivity index (χ3n) is 3.89. The van der Waals surface area contributed by atoms with Crippen LogP contribution in [0, 0.1) is 0 Å². The number of carbonyl (C=O) groups excluding carboxylic acids is 1. The van der Waals surface area contributed by atoms with Crippen molar-refractivity contribution >= 4 is 33.1 Å². The average Bonchev–Trinajstić information content (AvgIpc) is 3.21. The molecule has 2 heterocycles. The van der Waals surface area contributed by atoms with E-state index in [-0.39, 0.29) is 23.8 Å². The maximum Gasteiger partial charge on any atom is 0.263 e. The van der Waals surface area contributed by atoms with E-state index in [1.54, 1.807) is 40.5 Å². The van der Waals surface area contributed by atoms with Gasteiger partial charge in [-0.05, 0) is 23.6 Å². The Hall–Kier alpha value is -2.45. The molecule has 0 spiro atoms. The lowest BCUT2D eigenvalue weighted by atomic mass is 10.2. The molecule has 0 unspecified atom stereocenters. The number of thiophene rings is 1. The maximum absolute atomic E-state index is 12.5. The number of nitrogens with one attached hydrogen (secondary N) is 1. The van der Waals surface area contributed by atoms with Crippen molar-refractivity contribution in [3.63, 3.8) is 0 Å². The summed E-state index contributed by atoms with van der Waals surface area (Å²) >= 11 is 1.60. The number of rotatable bonds is 7. The van der Waals surface area contributed by atoms with E-state index in [9.17, 15) is 13.2 Å². The second kappa shape index (κ2) is 7.84. The molecule has 0 radical (unpaired) electrons. The van der Waals surface area contributed by atoms with Crippen molar-refractivity contribution in [2.75, 3.05) is 13.1 Å². The molecule has 0 bridgehead atoms. The lowest BCUT2D eigenvalue weighted by Gasteiger charge is -2.20. The number of nitrogens with zero attached hydrogens (tertiary/aromatic N) is 2. The van der Waals surface area contributed by atoms with Crippen molar-refractivity contribution in [2.45, 2.75) is 17.9 Å². The molecular formula is C18H19N3O3S2. The predicted molar refractivity (Wildman–Crippen MR) is 103 cm³/mol. The van der Waals surface area contributed by atoms with Gasteiger partial charge in [-0.25, -0.2) is 8.42 Å². The zero-order chi connectivity index (χ0) is 18.6. The fourth-order valence-corrected chi connectivity index (χ4v) is 4.64. The fraction of sp³-hybridized carbons (Fsp3) is 0.222. The van der Waals surface area contributed by atoms with Gasteiger partial charge in [-0.3, -0.25) is 14.5 Å². The molecule has 0 saturated heterocycles. The van der Waals surface area contributed by atoms with Crippen LogP contribution in [0.15, 0.2) is 64.3 Å². The highest BCUT2D eigenvalue weighted by Gasteiger charge is 2.30. The molecular weight excluding hydrogens is 370 g/mol. The van der Waals surface area contributed by atoms with Gasteiger partial charge in [-0.1, -0.05) is 24.3 Å².